The maximum Gasteiger partial charge on any atom is 0.338 e. The highest BCUT2D eigenvalue weighted by molar-refractivity contribution is 5.88. The van der Waals surface area contributed by atoms with Crippen molar-refractivity contribution in [2.24, 2.45) is 11.3 Å². The molecule has 3 nitrogen and oxygen atoms in total. The Balaban J connectivity index is 1.98. The van der Waals surface area contributed by atoms with E-state index in [1.807, 2.05) is 0 Å². The number of anilines is 1. The van der Waals surface area contributed by atoms with E-state index in [2.05, 4.69) is 19.2 Å². The van der Waals surface area contributed by atoms with E-state index in [0.717, 1.165) is 6.54 Å². The van der Waals surface area contributed by atoms with E-state index in [-0.39, 0.29) is 5.56 Å². The molecule has 17 heavy (non-hydrogen) atoms. The summed E-state index contributed by atoms with van der Waals surface area (Å²) in [7, 11) is 0. The van der Waals surface area contributed by atoms with Crippen molar-refractivity contribution in [1.29, 1.82) is 0 Å². The van der Waals surface area contributed by atoms with Crippen molar-refractivity contribution in [3.8, 4) is 0 Å². The first-order valence-corrected chi connectivity index (χ1v) is 5.67. The first kappa shape index (κ1) is 11.9. The van der Waals surface area contributed by atoms with E-state index in [4.69, 9.17) is 5.11 Å². The third-order valence-corrected chi connectivity index (χ3v) is 3.47. The predicted molar refractivity (Wildman–Crippen MR) is 63.7 cm³/mol. The summed E-state index contributed by atoms with van der Waals surface area (Å²) in [5.74, 6) is -1.32. The molecule has 0 amide bonds. The number of carboxylic acid groups (broad SMARTS) is 1. The van der Waals surface area contributed by atoms with Crippen molar-refractivity contribution in [3.05, 3.63) is 29.6 Å². The third kappa shape index (κ3) is 2.57. The zero-order chi connectivity index (χ0) is 12.6. The number of carboxylic acids is 1. The van der Waals surface area contributed by atoms with Crippen molar-refractivity contribution in [2.45, 2.75) is 20.3 Å². The van der Waals surface area contributed by atoms with Gasteiger partial charge in [0.15, 0.2) is 0 Å². The molecule has 1 fully saturated rings. The molecule has 1 saturated carbocycles. The number of carbonyl (C=O) groups is 1. The van der Waals surface area contributed by atoms with Crippen LogP contribution in [-0.2, 0) is 0 Å². The fraction of sp³-hybridized carbons (Fsp3) is 0.462. The summed E-state index contributed by atoms with van der Waals surface area (Å²) >= 11 is 0. The largest absolute Gasteiger partial charge is 0.478 e. The second-order valence-corrected chi connectivity index (χ2v) is 5.27. The summed E-state index contributed by atoms with van der Waals surface area (Å²) in [6.45, 7) is 5.21. The Morgan fingerprint density at radius 2 is 2.24 bits per heavy atom. The minimum atomic E-state index is -1.24. The summed E-state index contributed by atoms with van der Waals surface area (Å²) in [5, 5.41) is 11.8. The Bertz CT molecular complexity index is 457. The van der Waals surface area contributed by atoms with E-state index in [9.17, 15) is 9.18 Å². The van der Waals surface area contributed by atoms with Crippen LogP contribution < -0.4 is 5.32 Å². The Labute approximate surface area is 99.7 Å². The van der Waals surface area contributed by atoms with E-state index < -0.39 is 11.8 Å². The lowest BCUT2D eigenvalue weighted by atomic mass is 10.1. The van der Waals surface area contributed by atoms with Gasteiger partial charge in [0.2, 0.25) is 0 Å². The second kappa shape index (κ2) is 4.02. The van der Waals surface area contributed by atoms with Crippen molar-refractivity contribution < 1.29 is 14.3 Å². The topological polar surface area (TPSA) is 49.3 Å². The second-order valence-electron chi connectivity index (χ2n) is 5.27. The molecule has 0 spiro atoms. The number of aromatic carboxylic acids is 1. The number of benzene rings is 1. The summed E-state index contributed by atoms with van der Waals surface area (Å²) < 4.78 is 13.4. The Kier molecular flexibility index (Phi) is 2.81. The molecule has 2 rings (SSSR count). The van der Waals surface area contributed by atoms with Crippen LogP contribution in [0.3, 0.4) is 0 Å². The normalized spacial score (nSPS) is 21.0. The van der Waals surface area contributed by atoms with E-state index in [0.29, 0.717) is 17.0 Å². The van der Waals surface area contributed by atoms with Crippen molar-refractivity contribution in [2.75, 3.05) is 11.9 Å². The predicted octanol–water partition coefficient (Wildman–Crippen LogP) is 2.98. The fourth-order valence-electron chi connectivity index (χ4n) is 1.96. The molecule has 1 aliphatic carbocycles. The Hall–Kier alpha value is -1.58. The Morgan fingerprint density at radius 3 is 2.71 bits per heavy atom. The summed E-state index contributed by atoms with van der Waals surface area (Å²) in [6.07, 6.45) is 1.18. The third-order valence-electron chi connectivity index (χ3n) is 3.47. The monoisotopic (exact) mass is 237 g/mol. The number of nitrogens with one attached hydrogen (secondary N) is 1. The van der Waals surface area contributed by atoms with Gasteiger partial charge >= 0.3 is 5.97 Å². The Morgan fingerprint density at radius 1 is 1.59 bits per heavy atom. The van der Waals surface area contributed by atoms with Gasteiger partial charge in [-0.3, -0.25) is 0 Å². The van der Waals surface area contributed by atoms with Crippen LogP contribution in [0.2, 0.25) is 0 Å². The molecule has 1 aliphatic rings. The summed E-state index contributed by atoms with van der Waals surface area (Å²) in [4.78, 5) is 10.6. The standard InChI is InChI=1S/C13H16FNO2/c1-13(2)6-8(13)7-15-9-3-4-10(12(16)17)11(14)5-9/h3-5,8,15H,6-7H2,1-2H3,(H,16,17). The van der Waals surface area contributed by atoms with Crippen LogP contribution in [0, 0.1) is 17.2 Å². The quantitative estimate of drug-likeness (QED) is 0.846. The van der Waals surface area contributed by atoms with Crippen molar-refractivity contribution >= 4 is 11.7 Å². The zero-order valence-electron chi connectivity index (χ0n) is 9.96. The molecule has 0 heterocycles. The minimum absolute atomic E-state index is 0.290. The minimum Gasteiger partial charge on any atom is -0.478 e. The van der Waals surface area contributed by atoms with Crippen LogP contribution in [0.25, 0.3) is 0 Å². The van der Waals surface area contributed by atoms with Gasteiger partial charge < -0.3 is 10.4 Å². The van der Waals surface area contributed by atoms with Gasteiger partial charge in [0.25, 0.3) is 0 Å². The highest BCUT2D eigenvalue weighted by Crippen LogP contribution is 2.51. The molecule has 0 aliphatic heterocycles. The molecule has 0 aromatic heterocycles. The van der Waals surface area contributed by atoms with Gasteiger partial charge in [-0.15, -0.1) is 0 Å². The summed E-state index contributed by atoms with van der Waals surface area (Å²) in [6, 6.07) is 4.12. The van der Waals surface area contributed by atoms with Gasteiger partial charge in [-0.2, -0.15) is 0 Å². The molecule has 4 heteroatoms. The molecular weight excluding hydrogens is 221 g/mol. The number of halogens is 1. The first-order valence-electron chi connectivity index (χ1n) is 5.67. The molecule has 0 radical (unpaired) electrons. The van der Waals surface area contributed by atoms with Gasteiger partial charge in [0.1, 0.15) is 5.82 Å². The van der Waals surface area contributed by atoms with Gasteiger partial charge in [-0.1, -0.05) is 13.8 Å². The van der Waals surface area contributed by atoms with Crippen LogP contribution in [-0.4, -0.2) is 17.6 Å². The molecule has 1 aromatic rings. The average Bonchev–Trinajstić information content (AvgIpc) is 2.83. The van der Waals surface area contributed by atoms with E-state index in [1.165, 1.54) is 18.6 Å². The van der Waals surface area contributed by atoms with Crippen LogP contribution in [0.15, 0.2) is 18.2 Å². The number of hydrogen-bond acceptors (Lipinski definition) is 2. The van der Waals surface area contributed by atoms with Crippen LogP contribution in [0.5, 0.6) is 0 Å². The van der Waals surface area contributed by atoms with Crippen LogP contribution >= 0.6 is 0 Å². The van der Waals surface area contributed by atoms with Crippen LogP contribution in [0.1, 0.15) is 30.6 Å². The molecule has 0 bridgehead atoms. The highest BCUT2D eigenvalue weighted by Gasteiger charge is 2.44. The van der Waals surface area contributed by atoms with E-state index >= 15 is 0 Å². The SMILES string of the molecule is CC1(C)CC1CNc1ccc(C(=O)O)c(F)c1. The molecule has 1 atom stereocenters. The van der Waals surface area contributed by atoms with E-state index in [1.54, 1.807) is 6.07 Å². The molecule has 2 N–H and O–H groups in total. The average molecular weight is 237 g/mol. The summed E-state index contributed by atoms with van der Waals surface area (Å²) in [5.41, 5.74) is 0.726. The smallest absolute Gasteiger partial charge is 0.338 e. The lowest BCUT2D eigenvalue weighted by molar-refractivity contribution is 0.0692. The molecule has 92 valence electrons. The number of rotatable bonds is 4. The van der Waals surface area contributed by atoms with Crippen LogP contribution in [0.4, 0.5) is 10.1 Å². The van der Waals surface area contributed by atoms with Gasteiger partial charge in [-0.05, 0) is 36.0 Å². The fourth-order valence-corrected chi connectivity index (χ4v) is 1.96. The molecule has 0 saturated heterocycles. The lowest BCUT2D eigenvalue weighted by Gasteiger charge is -2.08. The molecular formula is C13H16FNO2. The van der Waals surface area contributed by atoms with Crippen molar-refractivity contribution in [1.82, 2.24) is 0 Å². The zero-order valence-corrected chi connectivity index (χ0v) is 9.96. The number of hydrogen-bond donors (Lipinski definition) is 2. The molecule has 1 aromatic carbocycles. The van der Waals surface area contributed by atoms with Gasteiger partial charge in [0.05, 0.1) is 5.56 Å². The lowest BCUT2D eigenvalue weighted by Crippen LogP contribution is -2.08. The van der Waals surface area contributed by atoms with Crippen molar-refractivity contribution in [3.63, 3.8) is 0 Å². The molecule has 1 unspecified atom stereocenters. The maximum atomic E-state index is 13.4. The van der Waals surface area contributed by atoms with Gasteiger partial charge in [0, 0.05) is 12.2 Å². The van der Waals surface area contributed by atoms with Gasteiger partial charge in [-0.25, -0.2) is 9.18 Å². The highest BCUT2D eigenvalue weighted by atomic mass is 19.1. The first-order chi connectivity index (χ1) is 7.90. The maximum absolute atomic E-state index is 13.4.